The largest absolute Gasteiger partial charge is 0.286 e. The van der Waals surface area contributed by atoms with Crippen LogP contribution in [0.3, 0.4) is 0 Å². The maximum atomic E-state index is 12.6. The van der Waals surface area contributed by atoms with Crippen LogP contribution in [-0.4, -0.2) is 24.5 Å². The maximum Gasteiger partial charge on any atom is 0.286 e. The zero-order valence-corrected chi connectivity index (χ0v) is 15.6. The molecule has 0 saturated carbocycles. The minimum Gasteiger partial charge on any atom is -0.271 e. The van der Waals surface area contributed by atoms with Crippen LogP contribution >= 0.6 is 11.6 Å². The number of carbonyl (C=O) groups excluding carboxylic acids is 1. The smallest absolute Gasteiger partial charge is 0.271 e. The molecule has 0 aromatic heterocycles. The number of rotatable bonds is 8. The van der Waals surface area contributed by atoms with Crippen molar-refractivity contribution < 1.29 is 13.2 Å². The van der Waals surface area contributed by atoms with Crippen LogP contribution < -0.4 is 0 Å². The number of unbranched alkanes of at least 4 members (excludes halogenated alkanes) is 4. The summed E-state index contributed by atoms with van der Waals surface area (Å²) in [5.74, 6) is -0.897. The van der Waals surface area contributed by atoms with E-state index in [1.54, 1.807) is 6.92 Å². The molecular formula is C17H23ClN2O3S. The molecule has 0 aliphatic carbocycles. The van der Waals surface area contributed by atoms with Gasteiger partial charge in [-0.25, -0.2) is 0 Å². The number of nitrogens with zero attached hydrogens (tertiary/aromatic N) is 2. The molecule has 7 heteroatoms. The molecule has 1 aliphatic rings. The average molecular weight is 371 g/mol. The van der Waals surface area contributed by atoms with E-state index in [-0.39, 0.29) is 4.90 Å². The topological polar surface area (TPSA) is 66.8 Å². The monoisotopic (exact) mass is 370 g/mol. The summed E-state index contributed by atoms with van der Waals surface area (Å²) in [4.78, 5) is 12.5. The Balaban J connectivity index is 2.07. The van der Waals surface area contributed by atoms with Gasteiger partial charge in [0.2, 0.25) is 0 Å². The Kier molecular flexibility index (Phi) is 6.40. The zero-order valence-electron chi connectivity index (χ0n) is 14.0. The van der Waals surface area contributed by atoms with Gasteiger partial charge in [-0.3, -0.25) is 4.79 Å². The lowest BCUT2D eigenvalue weighted by atomic mass is 9.97. The lowest BCUT2D eigenvalue weighted by Crippen LogP contribution is -2.32. The third kappa shape index (κ3) is 4.16. The van der Waals surface area contributed by atoms with E-state index in [9.17, 15) is 13.2 Å². The standard InChI is InChI=1S/C17H23ClN2O3S/c1-3-4-5-6-7-8-16-13(2)19-20(17(16)21)24(22,23)15-11-9-14(18)10-12-15/h9-12,16H,3-8H2,1-2H3. The molecule has 1 aromatic rings. The summed E-state index contributed by atoms with van der Waals surface area (Å²) in [6.45, 7) is 3.86. The summed E-state index contributed by atoms with van der Waals surface area (Å²) in [5.41, 5.74) is 0.563. The van der Waals surface area contributed by atoms with Gasteiger partial charge in [0.1, 0.15) is 0 Å². The Morgan fingerprint density at radius 3 is 2.38 bits per heavy atom. The first-order valence-corrected chi connectivity index (χ1v) is 10.1. The van der Waals surface area contributed by atoms with Crippen molar-refractivity contribution in [1.82, 2.24) is 4.41 Å². The summed E-state index contributed by atoms with van der Waals surface area (Å²) < 4.78 is 25.9. The van der Waals surface area contributed by atoms with Crippen molar-refractivity contribution in [3.05, 3.63) is 29.3 Å². The van der Waals surface area contributed by atoms with Crippen LogP contribution in [0.25, 0.3) is 0 Å². The van der Waals surface area contributed by atoms with Crippen LogP contribution in [-0.2, 0) is 14.8 Å². The molecule has 24 heavy (non-hydrogen) atoms. The van der Waals surface area contributed by atoms with Gasteiger partial charge in [0, 0.05) is 10.7 Å². The van der Waals surface area contributed by atoms with E-state index < -0.39 is 21.8 Å². The third-order valence-corrected chi connectivity index (χ3v) is 6.01. The van der Waals surface area contributed by atoms with Crippen molar-refractivity contribution in [3.63, 3.8) is 0 Å². The Labute approximate surface area is 148 Å². The van der Waals surface area contributed by atoms with Crippen molar-refractivity contribution in [2.24, 2.45) is 11.0 Å². The highest BCUT2D eigenvalue weighted by atomic mass is 35.5. The first kappa shape index (κ1) is 18.9. The van der Waals surface area contributed by atoms with Crippen LogP contribution in [0.5, 0.6) is 0 Å². The predicted molar refractivity (Wildman–Crippen MR) is 95.5 cm³/mol. The summed E-state index contributed by atoms with van der Waals surface area (Å²) in [7, 11) is -3.97. The predicted octanol–water partition coefficient (Wildman–Crippen LogP) is 4.22. The van der Waals surface area contributed by atoms with Gasteiger partial charge in [0.25, 0.3) is 15.9 Å². The van der Waals surface area contributed by atoms with E-state index in [1.807, 2.05) is 0 Å². The molecule has 0 bridgehead atoms. The van der Waals surface area contributed by atoms with E-state index in [4.69, 9.17) is 11.6 Å². The molecule has 1 aliphatic heterocycles. The molecule has 0 saturated heterocycles. The summed E-state index contributed by atoms with van der Waals surface area (Å²) in [6.07, 6.45) is 6.08. The van der Waals surface area contributed by atoms with Crippen LogP contribution in [0, 0.1) is 5.92 Å². The molecule has 5 nitrogen and oxygen atoms in total. The SMILES string of the molecule is CCCCCCCC1C(=O)N(S(=O)(=O)c2ccc(Cl)cc2)N=C1C. The molecule has 0 N–H and O–H groups in total. The van der Waals surface area contributed by atoms with E-state index in [0.717, 1.165) is 25.7 Å². The highest BCUT2D eigenvalue weighted by molar-refractivity contribution is 7.89. The second-order valence-corrected chi connectivity index (χ2v) is 8.24. The van der Waals surface area contributed by atoms with Gasteiger partial charge in [-0.1, -0.05) is 50.6 Å². The number of benzene rings is 1. The van der Waals surface area contributed by atoms with Crippen LogP contribution in [0.1, 0.15) is 52.4 Å². The molecule has 0 spiro atoms. The molecule has 1 amide bonds. The van der Waals surface area contributed by atoms with E-state index in [1.165, 1.54) is 30.7 Å². The Bertz CT molecular complexity index is 714. The number of hydrazone groups is 1. The van der Waals surface area contributed by atoms with Crippen LogP contribution in [0.15, 0.2) is 34.3 Å². The van der Waals surface area contributed by atoms with Gasteiger partial charge < -0.3 is 0 Å². The Hall–Kier alpha value is -1.40. The highest BCUT2D eigenvalue weighted by Crippen LogP contribution is 2.28. The number of sulfonamides is 1. The zero-order chi connectivity index (χ0) is 17.7. The normalized spacial score (nSPS) is 18.1. The molecule has 0 fully saturated rings. The van der Waals surface area contributed by atoms with Gasteiger partial charge in [-0.05, 0) is 37.6 Å². The maximum absolute atomic E-state index is 12.6. The first-order chi connectivity index (χ1) is 11.4. The van der Waals surface area contributed by atoms with Gasteiger partial charge in [0.05, 0.1) is 10.8 Å². The first-order valence-electron chi connectivity index (χ1n) is 8.27. The molecule has 0 radical (unpaired) electrons. The van der Waals surface area contributed by atoms with Gasteiger partial charge in [-0.15, -0.1) is 4.41 Å². The highest BCUT2D eigenvalue weighted by Gasteiger charge is 2.40. The minimum absolute atomic E-state index is 0.0143. The third-order valence-electron chi connectivity index (χ3n) is 4.18. The van der Waals surface area contributed by atoms with Crippen molar-refractivity contribution in [2.75, 3.05) is 0 Å². The van der Waals surface area contributed by atoms with Crippen molar-refractivity contribution in [2.45, 2.75) is 57.3 Å². The summed E-state index contributed by atoms with van der Waals surface area (Å²) in [5, 5.41) is 4.45. The van der Waals surface area contributed by atoms with E-state index in [2.05, 4.69) is 12.0 Å². The molecule has 1 aromatic carbocycles. The Morgan fingerprint density at radius 1 is 1.12 bits per heavy atom. The van der Waals surface area contributed by atoms with Gasteiger partial charge >= 0.3 is 0 Å². The molecule has 2 rings (SSSR count). The van der Waals surface area contributed by atoms with Crippen molar-refractivity contribution in [1.29, 1.82) is 0 Å². The summed E-state index contributed by atoms with van der Waals surface area (Å²) >= 11 is 5.79. The molecule has 1 atom stereocenters. The molecule has 1 heterocycles. The number of hydrogen-bond donors (Lipinski definition) is 0. The number of amides is 1. The Morgan fingerprint density at radius 2 is 1.75 bits per heavy atom. The molecule has 1 unspecified atom stereocenters. The fraction of sp³-hybridized carbons (Fsp3) is 0.529. The van der Waals surface area contributed by atoms with Gasteiger partial charge in [0.15, 0.2) is 0 Å². The van der Waals surface area contributed by atoms with Crippen molar-refractivity contribution >= 4 is 33.2 Å². The van der Waals surface area contributed by atoms with E-state index in [0.29, 0.717) is 21.6 Å². The second-order valence-electron chi connectivity index (χ2n) is 6.04. The average Bonchev–Trinajstić information content (AvgIpc) is 2.83. The quantitative estimate of drug-likeness (QED) is 0.643. The molecular weight excluding hydrogens is 348 g/mol. The number of hydrogen-bond acceptors (Lipinski definition) is 4. The second kappa shape index (κ2) is 8.12. The van der Waals surface area contributed by atoms with E-state index >= 15 is 0 Å². The van der Waals surface area contributed by atoms with Gasteiger partial charge in [-0.2, -0.15) is 13.5 Å². The van der Waals surface area contributed by atoms with Crippen LogP contribution in [0.2, 0.25) is 5.02 Å². The fourth-order valence-corrected chi connectivity index (χ4v) is 4.14. The summed E-state index contributed by atoms with van der Waals surface area (Å²) in [6, 6.07) is 5.73. The number of halogens is 1. The van der Waals surface area contributed by atoms with Crippen LogP contribution in [0.4, 0.5) is 0 Å². The minimum atomic E-state index is -3.97. The molecule has 132 valence electrons. The van der Waals surface area contributed by atoms with Crippen molar-refractivity contribution in [3.8, 4) is 0 Å². The fourth-order valence-electron chi connectivity index (χ4n) is 2.74. The number of carbonyl (C=O) groups is 1. The lowest BCUT2D eigenvalue weighted by Gasteiger charge is -2.14. The lowest BCUT2D eigenvalue weighted by molar-refractivity contribution is -0.127.